The van der Waals surface area contributed by atoms with Crippen LogP contribution in [-0.2, 0) is 23.8 Å². The minimum atomic E-state index is -0.170. The largest absolute Gasteiger partial charge is 0.359 e. The Morgan fingerprint density at radius 1 is 1.23 bits per heavy atom. The van der Waals surface area contributed by atoms with Crippen LogP contribution in [0.1, 0.15) is 62.9 Å². The van der Waals surface area contributed by atoms with E-state index in [0.717, 1.165) is 79.4 Å². The van der Waals surface area contributed by atoms with Gasteiger partial charge < -0.3 is 9.51 Å². The highest BCUT2D eigenvalue weighted by molar-refractivity contribution is 5.57. The Balaban J connectivity index is 1.30. The Morgan fingerprint density at radius 3 is 2.74 bits per heavy atom. The van der Waals surface area contributed by atoms with E-state index < -0.39 is 0 Å². The van der Waals surface area contributed by atoms with Gasteiger partial charge in [0.05, 0.1) is 12.2 Å². The quantitative estimate of drug-likeness (QED) is 0.698. The summed E-state index contributed by atoms with van der Waals surface area (Å²) in [6.07, 6.45) is 7.44. The second kappa shape index (κ2) is 7.41. The first kappa shape index (κ1) is 20.1. The molecule has 1 saturated heterocycles. The lowest BCUT2D eigenvalue weighted by molar-refractivity contribution is 0.138. The predicted molar refractivity (Wildman–Crippen MR) is 118 cm³/mol. The van der Waals surface area contributed by atoms with E-state index in [4.69, 9.17) is 9.51 Å². The normalized spacial score (nSPS) is 18.4. The molecule has 0 unspecified atom stereocenters. The van der Waals surface area contributed by atoms with Crippen molar-refractivity contribution in [2.45, 2.75) is 63.8 Å². The third-order valence-corrected chi connectivity index (χ3v) is 6.79. The number of fused-ring (bicyclic) bond motifs is 2. The lowest BCUT2D eigenvalue weighted by Gasteiger charge is -2.39. The second-order valence-electron chi connectivity index (χ2n) is 9.97. The summed E-state index contributed by atoms with van der Waals surface area (Å²) in [5, 5.41) is 4.21. The predicted octanol–water partition coefficient (Wildman–Crippen LogP) is 3.60. The van der Waals surface area contributed by atoms with Gasteiger partial charge in [0, 0.05) is 40.4 Å². The first-order valence-corrected chi connectivity index (χ1v) is 11.1. The average Bonchev–Trinajstić information content (AvgIpc) is 3.36. The molecule has 0 radical (unpaired) electrons. The molecule has 1 fully saturated rings. The van der Waals surface area contributed by atoms with E-state index in [0.29, 0.717) is 0 Å². The fourth-order valence-corrected chi connectivity index (χ4v) is 4.89. The number of piperidine rings is 1. The summed E-state index contributed by atoms with van der Waals surface area (Å²) >= 11 is 0. The maximum Gasteiger partial charge on any atom is 0.254 e. The Labute approximate surface area is 181 Å². The Hall–Kier alpha value is -2.80. The lowest BCUT2D eigenvalue weighted by Crippen LogP contribution is -2.42. The summed E-state index contributed by atoms with van der Waals surface area (Å²) in [5.41, 5.74) is 3.65. The molecule has 5 rings (SSSR count). The highest BCUT2D eigenvalue weighted by Gasteiger charge is 2.44. The number of pyridine rings is 1. The van der Waals surface area contributed by atoms with Crippen molar-refractivity contribution in [3.8, 4) is 11.3 Å². The Kier molecular flexibility index (Phi) is 4.81. The van der Waals surface area contributed by atoms with Crippen LogP contribution in [0.15, 0.2) is 39.9 Å². The first-order valence-electron chi connectivity index (χ1n) is 11.1. The maximum absolute atomic E-state index is 12.7. The van der Waals surface area contributed by atoms with Crippen molar-refractivity contribution >= 4 is 0 Å². The van der Waals surface area contributed by atoms with Crippen molar-refractivity contribution in [1.29, 1.82) is 0 Å². The lowest BCUT2D eigenvalue weighted by atomic mass is 9.76. The summed E-state index contributed by atoms with van der Waals surface area (Å²) < 4.78 is 5.59. The molecular formula is C24H29N5O2. The minimum absolute atomic E-state index is 0.0301. The topological polar surface area (TPSA) is 87.9 Å². The monoisotopic (exact) mass is 419 g/mol. The average molecular weight is 420 g/mol. The molecule has 0 bridgehead atoms. The molecule has 7 heteroatoms. The van der Waals surface area contributed by atoms with Gasteiger partial charge in [-0.15, -0.1) is 0 Å². The van der Waals surface area contributed by atoms with Gasteiger partial charge in [0.2, 0.25) is 0 Å². The second-order valence-corrected chi connectivity index (χ2v) is 9.97. The van der Waals surface area contributed by atoms with Crippen LogP contribution in [0.2, 0.25) is 0 Å². The van der Waals surface area contributed by atoms with Gasteiger partial charge in [-0.25, -0.2) is 4.98 Å². The van der Waals surface area contributed by atoms with Crippen LogP contribution < -0.4 is 5.56 Å². The zero-order chi connectivity index (χ0) is 21.6. The smallest absolute Gasteiger partial charge is 0.254 e. The molecule has 4 heterocycles. The van der Waals surface area contributed by atoms with E-state index in [9.17, 15) is 4.79 Å². The highest BCUT2D eigenvalue weighted by Crippen LogP contribution is 2.44. The Morgan fingerprint density at radius 2 is 2.03 bits per heavy atom. The van der Waals surface area contributed by atoms with Crippen molar-refractivity contribution in [3.05, 3.63) is 63.8 Å². The molecule has 31 heavy (non-hydrogen) atoms. The van der Waals surface area contributed by atoms with Gasteiger partial charge in [-0.2, -0.15) is 0 Å². The summed E-state index contributed by atoms with van der Waals surface area (Å²) in [7, 11) is 0. The van der Waals surface area contributed by atoms with Crippen molar-refractivity contribution in [2.75, 3.05) is 13.1 Å². The fourth-order valence-electron chi connectivity index (χ4n) is 4.89. The zero-order valence-corrected chi connectivity index (χ0v) is 18.4. The maximum atomic E-state index is 12.7. The third-order valence-electron chi connectivity index (χ3n) is 6.79. The van der Waals surface area contributed by atoms with E-state index in [2.05, 4.69) is 40.8 Å². The zero-order valence-electron chi connectivity index (χ0n) is 18.4. The summed E-state index contributed by atoms with van der Waals surface area (Å²) in [5.74, 6) is 1.66. The summed E-state index contributed by atoms with van der Waals surface area (Å²) in [6.45, 7) is 8.95. The number of aromatic nitrogens is 4. The van der Waals surface area contributed by atoms with Crippen LogP contribution in [0, 0.1) is 0 Å². The number of rotatable bonds is 3. The van der Waals surface area contributed by atoms with Crippen molar-refractivity contribution in [1.82, 2.24) is 25.0 Å². The van der Waals surface area contributed by atoms with Crippen LogP contribution in [0.5, 0.6) is 0 Å². The van der Waals surface area contributed by atoms with Gasteiger partial charge >= 0.3 is 0 Å². The highest BCUT2D eigenvalue weighted by atomic mass is 16.5. The molecule has 162 valence electrons. The standard InChI is InChI=1S/C24H29N5O2/c1-23(2,3)22-26-20-18(21(30)27-22)6-7-24(20)8-11-29(12-9-24)15-17-13-19(28-31-17)16-5-4-10-25-14-16/h4-5,10,13-14H,6-9,11-12,15H2,1-3H3,(H,26,27,30). The summed E-state index contributed by atoms with van der Waals surface area (Å²) in [4.78, 5) is 27.3. The van der Waals surface area contributed by atoms with E-state index in [1.807, 2.05) is 18.2 Å². The number of hydrogen-bond donors (Lipinski definition) is 1. The molecule has 0 aromatic carbocycles. The minimum Gasteiger partial charge on any atom is -0.359 e. The third kappa shape index (κ3) is 3.71. The molecule has 1 aliphatic heterocycles. The van der Waals surface area contributed by atoms with Gasteiger partial charge in [0.15, 0.2) is 5.76 Å². The molecule has 1 spiro atoms. The van der Waals surface area contributed by atoms with E-state index in [-0.39, 0.29) is 16.4 Å². The number of nitrogens with one attached hydrogen (secondary N) is 1. The Bertz CT molecular complexity index is 1130. The van der Waals surface area contributed by atoms with Gasteiger partial charge in [-0.05, 0) is 50.9 Å². The number of hydrogen-bond acceptors (Lipinski definition) is 6. The molecule has 0 amide bonds. The van der Waals surface area contributed by atoms with E-state index in [1.165, 1.54) is 0 Å². The summed E-state index contributed by atoms with van der Waals surface area (Å²) in [6, 6.07) is 5.89. The number of nitrogens with zero attached hydrogens (tertiary/aromatic N) is 4. The van der Waals surface area contributed by atoms with Crippen molar-refractivity contribution in [2.24, 2.45) is 0 Å². The molecule has 3 aromatic rings. The van der Waals surface area contributed by atoms with E-state index >= 15 is 0 Å². The SMILES string of the molecule is CC(C)(C)c1nc2c(c(=O)[nH]1)CCC21CCN(Cc2cc(-c3cccnc3)no2)CC1. The molecule has 0 atom stereocenters. The van der Waals surface area contributed by atoms with Gasteiger partial charge in [0.25, 0.3) is 5.56 Å². The fraction of sp³-hybridized carbons (Fsp3) is 0.500. The van der Waals surface area contributed by atoms with Crippen LogP contribution >= 0.6 is 0 Å². The van der Waals surface area contributed by atoms with Crippen LogP contribution in [0.4, 0.5) is 0 Å². The molecular weight excluding hydrogens is 390 g/mol. The van der Waals surface area contributed by atoms with Gasteiger partial charge in [-0.3, -0.25) is 14.7 Å². The van der Waals surface area contributed by atoms with E-state index in [1.54, 1.807) is 12.4 Å². The van der Waals surface area contributed by atoms with Gasteiger partial charge in [-0.1, -0.05) is 25.9 Å². The first-order chi connectivity index (χ1) is 14.8. The molecule has 3 aromatic heterocycles. The van der Waals surface area contributed by atoms with Crippen LogP contribution in [0.25, 0.3) is 11.3 Å². The molecule has 7 nitrogen and oxygen atoms in total. The molecule has 0 saturated carbocycles. The van der Waals surface area contributed by atoms with Crippen LogP contribution in [-0.4, -0.2) is 38.1 Å². The van der Waals surface area contributed by atoms with Crippen molar-refractivity contribution in [3.63, 3.8) is 0 Å². The molecule has 1 N–H and O–H groups in total. The van der Waals surface area contributed by atoms with Gasteiger partial charge in [0.1, 0.15) is 11.5 Å². The molecule has 2 aliphatic rings. The van der Waals surface area contributed by atoms with Crippen LogP contribution in [0.3, 0.4) is 0 Å². The molecule has 1 aliphatic carbocycles. The number of H-pyrrole nitrogens is 1. The van der Waals surface area contributed by atoms with Crippen molar-refractivity contribution < 1.29 is 4.52 Å². The number of aromatic amines is 1. The number of likely N-dealkylation sites (tertiary alicyclic amines) is 1.